The van der Waals surface area contributed by atoms with Gasteiger partial charge in [-0.1, -0.05) is 200 Å². The zero-order valence-corrected chi connectivity index (χ0v) is 37.8. The molecule has 0 heterocycles. The van der Waals surface area contributed by atoms with Gasteiger partial charge in [0, 0.05) is 12.8 Å². The second kappa shape index (κ2) is 38.5. The van der Waals surface area contributed by atoms with Crippen LogP contribution in [0.15, 0.2) is 0 Å². The largest absolute Gasteiger partial charge is 0.756 e. The highest BCUT2D eigenvalue weighted by Crippen LogP contribution is 2.38. The fraction of sp³-hybridized carbons (Fsp3) is 0.956. The minimum absolute atomic E-state index is 0.0256. The lowest BCUT2D eigenvalue weighted by molar-refractivity contribution is -0.870. The highest BCUT2D eigenvalue weighted by atomic mass is 31.2. The van der Waals surface area contributed by atoms with E-state index in [2.05, 4.69) is 13.8 Å². The first-order valence-corrected chi connectivity index (χ1v) is 24.7. The zero-order chi connectivity index (χ0) is 40.7. The van der Waals surface area contributed by atoms with Gasteiger partial charge in [0.05, 0.1) is 27.7 Å². The molecule has 0 amide bonds. The van der Waals surface area contributed by atoms with Crippen molar-refractivity contribution < 1.29 is 42.1 Å². The first-order chi connectivity index (χ1) is 26.5. The summed E-state index contributed by atoms with van der Waals surface area (Å²) in [6, 6.07) is 0. The van der Waals surface area contributed by atoms with Crippen LogP contribution < -0.4 is 4.89 Å². The highest BCUT2D eigenvalue weighted by molar-refractivity contribution is 7.45. The second-order valence-corrected chi connectivity index (χ2v) is 18.5. The number of likely N-dealkylation sites (N-methyl/N-ethyl adjacent to an activating group) is 1. The Kier molecular flexibility index (Phi) is 37.8. The van der Waals surface area contributed by atoms with E-state index >= 15 is 0 Å². The van der Waals surface area contributed by atoms with Crippen LogP contribution in [0, 0.1) is 0 Å². The number of hydrogen-bond donors (Lipinski definition) is 0. The lowest BCUT2D eigenvalue weighted by atomic mass is 10.0. The summed E-state index contributed by atoms with van der Waals surface area (Å²) in [5.41, 5.74) is 0. The standard InChI is InChI=1S/C45H90NO8P/c1-6-8-10-12-14-16-18-20-21-22-23-24-25-26-28-30-32-34-36-38-45(48)54-43(42-53-55(49,50)52-40-39-46(3,4)5)41-51-44(47)37-35-33-31-29-27-19-17-15-13-11-9-7-2/h43H,6-42H2,1-5H3. The molecular formula is C45H90NO8P. The topological polar surface area (TPSA) is 111 Å². The summed E-state index contributed by atoms with van der Waals surface area (Å²) in [7, 11) is 1.18. The van der Waals surface area contributed by atoms with Crippen molar-refractivity contribution in [2.24, 2.45) is 0 Å². The van der Waals surface area contributed by atoms with Crippen molar-refractivity contribution in [1.82, 2.24) is 0 Å². The number of hydrogen-bond acceptors (Lipinski definition) is 8. The van der Waals surface area contributed by atoms with Crippen LogP contribution in [-0.2, 0) is 32.7 Å². The summed E-state index contributed by atoms with van der Waals surface area (Å²) in [6.45, 7) is 4.26. The quantitative estimate of drug-likeness (QED) is 0.0259. The lowest BCUT2D eigenvalue weighted by Gasteiger charge is -2.28. The molecule has 328 valence electrons. The van der Waals surface area contributed by atoms with Crippen molar-refractivity contribution in [1.29, 1.82) is 0 Å². The van der Waals surface area contributed by atoms with E-state index in [0.717, 1.165) is 32.1 Å². The molecule has 2 unspecified atom stereocenters. The molecule has 55 heavy (non-hydrogen) atoms. The molecule has 2 atom stereocenters. The number of ether oxygens (including phenoxy) is 2. The number of carbonyl (C=O) groups is 2. The first kappa shape index (κ1) is 54.0. The van der Waals surface area contributed by atoms with E-state index < -0.39 is 26.5 Å². The molecule has 10 heteroatoms. The van der Waals surface area contributed by atoms with Gasteiger partial charge >= 0.3 is 11.9 Å². The van der Waals surface area contributed by atoms with Crippen molar-refractivity contribution >= 4 is 19.8 Å². The predicted octanol–water partition coefficient (Wildman–Crippen LogP) is 12.6. The third-order valence-electron chi connectivity index (χ3n) is 10.4. The Bertz CT molecular complexity index is 912. The number of quaternary nitrogens is 1. The highest BCUT2D eigenvalue weighted by Gasteiger charge is 2.21. The van der Waals surface area contributed by atoms with Crippen LogP contribution in [-0.4, -0.2) is 70.0 Å². The van der Waals surface area contributed by atoms with Crippen molar-refractivity contribution in [3.8, 4) is 0 Å². The van der Waals surface area contributed by atoms with E-state index in [1.807, 2.05) is 21.1 Å². The molecule has 0 saturated heterocycles. The van der Waals surface area contributed by atoms with Crippen LogP contribution in [0.2, 0.25) is 0 Å². The van der Waals surface area contributed by atoms with Gasteiger partial charge in [-0.3, -0.25) is 14.2 Å². The zero-order valence-electron chi connectivity index (χ0n) is 36.9. The Morgan fingerprint density at radius 2 is 0.818 bits per heavy atom. The molecule has 0 bridgehead atoms. The first-order valence-electron chi connectivity index (χ1n) is 23.2. The van der Waals surface area contributed by atoms with E-state index in [-0.39, 0.29) is 32.0 Å². The monoisotopic (exact) mass is 804 g/mol. The van der Waals surface area contributed by atoms with Crippen molar-refractivity contribution in [2.45, 2.75) is 232 Å². The molecule has 0 aromatic rings. The number of phosphoric ester groups is 1. The Morgan fingerprint density at radius 1 is 0.491 bits per heavy atom. The molecule has 0 spiro atoms. The summed E-state index contributed by atoms with van der Waals surface area (Å²) < 4.78 is 33.9. The van der Waals surface area contributed by atoms with Crippen molar-refractivity contribution in [3.05, 3.63) is 0 Å². The van der Waals surface area contributed by atoms with Gasteiger partial charge in [0.25, 0.3) is 7.82 Å². The molecule has 0 aromatic heterocycles. The van der Waals surface area contributed by atoms with Crippen LogP contribution in [0.3, 0.4) is 0 Å². The smallest absolute Gasteiger partial charge is 0.306 e. The summed E-state index contributed by atoms with van der Waals surface area (Å²) in [4.78, 5) is 37.5. The number of phosphoric acid groups is 1. The maximum absolute atomic E-state index is 12.7. The predicted molar refractivity (Wildman–Crippen MR) is 227 cm³/mol. The molecule has 0 N–H and O–H groups in total. The van der Waals surface area contributed by atoms with Crippen molar-refractivity contribution in [3.63, 3.8) is 0 Å². The van der Waals surface area contributed by atoms with Gasteiger partial charge in [-0.05, 0) is 12.8 Å². The lowest BCUT2D eigenvalue weighted by Crippen LogP contribution is -2.37. The second-order valence-electron chi connectivity index (χ2n) is 17.1. The minimum Gasteiger partial charge on any atom is -0.756 e. The molecule has 0 radical (unpaired) electrons. The average Bonchev–Trinajstić information content (AvgIpc) is 3.13. The van der Waals surface area contributed by atoms with Gasteiger partial charge < -0.3 is 27.9 Å². The van der Waals surface area contributed by atoms with Gasteiger partial charge in [0.1, 0.15) is 19.8 Å². The molecule has 0 aliphatic heterocycles. The van der Waals surface area contributed by atoms with Crippen LogP contribution in [0.4, 0.5) is 0 Å². The number of carbonyl (C=O) groups excluding carboxylic acids is 2. The van der Waals surface area contributed by atoms with E-state index in [0.29, 0.717) is 17.4 Å². The number of rotatable bonds is 43. The fourth-order valence-electron chi connectivity index (χ4n) is 6.72. The summed E-state index contributed by atoms with van der Waals surface area (Å²) in [6.07, 6.45) is 38.4. The Balaban J connectivity index is 4.24. The third kappa shape index (κ3) is 42.4. The molecule has 9 nitrogen and oxygen atoms in total. The average molecular weight is 804 g/mol. The molecule has 0 saturated carbocycles. The van der Waals surface area contributed by atoms with Crippen LogP contribution in [0.5, 0.6) is 0 Å². The van der Waals surface area contributed by atoms with Crippen molar-refractivity contribution in [2.75, 3.05) is 47.5 Å². The summed E-state index contributed by atoms with van der Waals surface area (Å²) in [5.74, 6) is -0.819. The van der Waals surface area contributed by atoms with Crippen LogP contribution >= 0.6 is 7.82 Å². The van der Waals surface area contributed by atoms with E-state index in [1.54, 1.807) is 0 Å². The molecule has 0 aliphatic rings. The summed E-state index contributed by atoms with van der Waals surface area (Å²) in [5, 5.41) is 0. The van der Waals surface area contributed by atoms with E-state index in [1.165, 1.54) is 161 Å². The normalized spacial score (nSPS) is 13.5. The van der Waals surface area contributed by atoms with Gasteiger partial charge in [-0.15, -0.1) is 0 Å². The molecule has 0 aromatic carbocycles. The Hall–Kier alpha value is -0.990. The number of nitrogens with zero attached hydrogens (tertiary/aromatic N) is 1. The summed E-state index contributed by atoms with van der Waals surface area (Å²) >= 11 is 0. The van der Waals surface area contributed by atoms with E-state index in [4.69, 9.17) is 18.5 Å². The number of unbranched alkanes of at least 4 members (excludes halogenated alkanes) is 29. The molecular weight excluding hydrogens is 713 g/mol. The maximum atomic E-state index is 12.7. The van der Waals surface area contributed by atoms with Gasteiger partial charge in [0.15, 0.2) is 6.10 Å². The third-order valence-corrected chi connectivity index (χ3v) is 11.3. The van der Waals surface area contributed by atoms with Gasteiger partial charge in [-0.25, -0.2) is 0 Å². The SMILES string of the molecule is CCCCCCCCCCCCCCCCCCCCCC(=O)OC(COC(=O)CCCCCCCCCCCCCC)COP(=O)([O-])OCC[N+](C)(C)C. The number of esters is 2. The fourth-order valence-corrected chi connectivity index (χ4v) is 7.44. The Morgan fingerprint density at radius 3 is 1.16 bits per heavy atom. The van der Waals surface area contributed by atoms with Crippen LogP contribution in [0.25, 0.3) is 0 Å². The molecule has 0 fully saturated rings. The minimum atomic E-state index is -4.62. The van der Waals surface area contributed by atoms with Gasteiger partial charge in [-0.2, -0.15) is 0 Å². The van der Waals surface area contributed by atoms with Gasteiger partial charge in [0.2, 0.25) is 0 Å². The molecule has 0 aliphatic carbocycles. The maximum Gasteiger partial charge on any atom is 0.306 e. The Labute approximate surface area is 340 Å². The van der Waals surface area contributed by atoms with Crippen LogP contribution in [0.1, 0.15) is 226 Å². The molecule has 0 rings (SSSR count). The van der Waals surface area contributed by atoms with E-state index in [9.17, 15) is 19.0 Å².